The van der Waals surface area contributed by atoms with Gasteiger partial charge < -0.3 is 20.5 Å². The van der Waals surface area contributed by atoms with Gasteiger partial charge in [0.15, 0.2) is 0 Å². The highest BCUT2D eigenvalue weighted by atomic mass is 16.5. The molecule has 1 atom stereocenters. The SMILES string of the molecule is COC(=O)c1cc(O)cc(C(=O)N2CCC(CN)C2)c1. The number of amides is 1. The maximum atomic E-state index is 12.3. The zero-order valence-corrected chi connectivity index (χ0v) is 11.3. The van der Waals surface area contributed by atoms with E-state index in [0.717, 1.165) is 6.42 Å². The molecule has 0 bridgehead atoms. The molecule has 6 nitrogen and oxygen atoms in total. The molecule has 0 spiro atoms. The number of hydrogen-bond acceptors (Lipinski definition) is 5. The highest BCUT2D eigenvalue weighted by molar-refractivity contribution is 5.98. The number of aromatic hydroxyl groups is 1. The minimum atomic E-state index is -0.587. The maximum Gasteiger partial charge on any atom is 0.338 e. The molecule has 0 radical (unpaired) electrons. The number of phenolic OH excluding ortho intramolecular Hbond substituents is 1. The molecule has 108 valence electrons. The Hall–Kier alpha value is -2.08. The van der Waals surface area contributed by atoms with Crippen LogP contribution in [-0.2, 0) is 4.74 Å². The smallest absolute Gasteiger partial charge is 0.338 e. The first-order valence-corrected chi connectivity index (χ1v) is 6.47. The number of nitrogens with two attached hydrogens (primary N) is 1. The van der Waals surface area contributed by atoms with Gasteiger partial charge in [0.05, 0.1) is 12.7 Å². The lowest BCUT2D eigenvalue weighted by Gasteiger charge is -2.16. The highest BCUT2D eigenvalue weighted by Gasteiger charge is 2.26. The van der Waals surface area contributed by atoms with E-state index in [0.29, 0.717) is 25.6 Å². The highest BCUT2D eigenvalue weighted by Crippen LogP contribution is 2.21. The maximum absolute atomic E-state index is 12.3. The molecule has 20 heavy (non-hydrogen) atoms. The minimum absolute atomic E-state index is 0.133. The molecule has 1 fully saturated rings. The lowest BCUT2D eigenvalue weighted by atomic mass is 10.1. The van der Waals surface area contributed by atoms with E-state index in [2.05, 4.69) is 4.74 Å². The average molecular weight is 278 g/mol. The number of ether oxygens (including phenoxy) is 1. The number of hydrogen-bond donors (Lipinski definition) is 2. The minimum Gasteiger partial charge on any atom is -0.508 e. The molecule has 6 heteroatoms. The molecule has 1 saturated heterocycles. The van der Waals surface area contributed by atoms with Gasteiger partial charge in [-0.3, -0.25) is 4.79 Å². The second kappa shape index (κ2) is 5.92. The predicted molar refractivity (Wildman–Crippen MR) is 72.5 cm³/mol. The molecule has 0 aromatic heterocycles. The quantitative estimate of drug-likeness (QED) is 0.790. The monoisotopic (exact) mass is 278 g/mol. The van der Waals surface area contributed by atoms with Crippen molar-refractivity contribution in [2.45, 2.75) is 6.42 Å². The third-order valence-electron chi connectivity index (χ3n) is 3.49. The van der Waals surface area contributed by atoms with Crippen LogP contribution in [0.2, 0.25) is 0 Å². The first-order chi connectivity index (χ1) is 9.55. The Morgan fingerprint density at radius 3 is 2.70 bits per heavy atom. The lowest BCUT2D eigenvalue weighted by molar-refractivity contribution is 0.0600. The summed E-state index contributed by atoms with van der Waals surface area (Å²) in [5.74, 6) is -0.611. The fourth-order valence-corrected chi connectivity index (χ4v) is 2.36. The van der Waals surface area contributed by atoms with E-state index in [9.17, 15) is 14.7 Å². The summed E-state index contributed by atoms with van der Waals surface area (Å²) in [5, 5.41) is 9.63. The number of rotatable bonds is 3. The van der Waals surface area contributed by atoms with Gasteiger partial charge in [0, 0.05) is 18.7 Å². The molecular weight excluding hydrogens is 260 g/mol. The number of likely N-dealkylation sites (tertiary alicyclic amines) is 1. The molecule has 0 saturated carbocycles. The molecule has 2 rings (SSSR count). The van der Waals surface area contributed by atoms with Gasteiger partial charge in [-0.2, -0.15) is 0 Å². The van der Waals surface area contributed by atoms with Crippen LogP contribution in [0.15, 0.2) is 18.2 Å². The summed E-state index contributed by atoms with van der Waals surface area (Å²) in [4.78, 5) is 25.5. The Bertz CT molecular complexity index is 530. The van der Waals surface area contributed by atoms with Gasteiger partial charge in [0.25, 0.3) is 5.91 Å². The van der Waals surface area contributed by atoms with Gasteiger partial charge in [0.1, 0.15) is 5.75 Å². The molecule has 1 aromatic carbocycles. The standard InChI is InChI=1S/C14H18N2O4/c1-20-14(19)11-4-10(5-12(17)6-11)13(18)16-3-2-9(7-15)8-16/h4-6,9,17H,2-3,7-8,15H2,1H3. The molecule has 1 aliphatic rings. The Balaban J connectivity index is 2.22. The van der Waals surface area contributed by atoms with Gasteiger partial charge in [-0.1, -0.05) is 0 Å². The number of carbonyl (C=O) groups excluding carboxylic acids is 2. The molecule has 1 amide bonds. The van der Waals surface area contributed by atoms with Crippen LogP contribution in [0.4, 0.5) is 0 Å². The first kappa shape index (κ1) is 14.3. The van der Waals surface area contributed by atoms with E-state index < -0.39 is 5.97 Å². The van der Waals surface area contributed by atoms with Crippen LogP contribution in [0, 0.1) is 5.92 Å². The van der Waals surface area contributed by atoms with E-state index in [1.54, 1.807) is 4.90 Å². The van der Waals surface area contributed by atoms with E-state index in [-0.39, 0.29) is 22.8 Å². The van der Waals surface area contributed by atoms with Crippen LogP contribution < -0.4 is 5.73 Å². The van der Waals surface area contributed by atoms with Crippen LogP contribution >= 0.6 is 0 Å². The number of nitrogens with zero attached hydrogens (tertiary/aromatic N) is 1. The first-order valence-electron chi connectivity index (χ1n) is 6.47. The summed E-state index contributed by atoms with van der Waals surface area (Å²) >= 11 is 0. The number of carbonyl (C=O) groups is 2. The molecule has 0 aliphatic carbocycles. The Morgan fingerprint density at radius 2 is 2.10 bits per heavy atom. The van der Waals surface area contributed by atoms with Crippen molar-refractivity contribution in [3.63, 3.8) is 0 Å². The zero-order valence-electron chi connectivity index (χ0n) is 11.3. The predicted octanol–water partition coefficient (Wildman–Crippen LogP) is 0.600. The van der Waals surface area contributed by atoms with Crippen LogP contribution in [0.1, 0.15) is 27.1 Å². The Kier molecular flexibility index (Phi) is 4.24. The molecule has 1 heterocycles. The summed E-state index contributed by atoms with van der Waals surface area (Å²) in [6, 6.07) is 4.06. The molecule has 1 unspecified atom stereocenters. The van der Waals surface area contributed by atoms with E-state index in [1.807, 2.05) is 0 Å². The summed E-state index contributed by atoms with van der Waals surface area (Å²) in [6.45, 7) is 1.81. The molecular formula is C14H18N2O4. The van der Waals surface area contributed by atoms with Crippen molar-refractivity contribution in [2.75, 3.05) is 26.7 Å². The fraction of sp³-hybridized carbons (Fsp3) is 0.429. The van der Waals surface area contributed by atoms with Crippen LogP contribution in [0.3, 0.4) is 0 Å². The summed E-state index contributed by atoms with van der Waals surface area (Å²) in [7, 11) is 1.25. The van der Waals surface area contributed by atoms with Crippen LogP contribution in [0.5, 0.6) is 5.75 Å². The third-order valence-corrected chi connectivity index (χ3v) is 3.49. The number of benzene rings is 1. The van der Waals surface area contributed by atoms with Crippen molar-refractivity contribution >= 4 is 11.9 Å². The Labute approximate surface area is 117 Å². The van der Waals surface area contributed by atoms with Crippen molar-refractivity contribution in [1.82, 2.24) is 4.90 Å². The Morgan fingerprint density at radius 1 is 1.40 bits per heavy atom. The number of methoxy groups -OCH3 is 1. The van der Waals surface area contributed by atoms with E-state index >= 15 is 0 Å². The van der Waals surface area contributed by atoms with Gasteiger partial charge in [-0.05, 0) is 37.1 Å². The normalized spacial score (nSPS) is 18.1. The van der Waals surface area contributed by atoms with Crippen molar-refractivity contribution < 1.29 is 19.4 Å². The second-order valence-electron chi connectivity index (χ2n) is 4.90. The van der Waals surface area contributed by atoms with Crippen LogP contribution in [0.25, 0.3) is 0 Å². The average Bonchev–Trinajstić information content (AvgIpc) is 2.93. The summed E-state index contributed by atoms with van der Waals surface area (Å²) < 4.78 is 4.59. The number of phenols is 1. The number of esters is 1. The third kappa shape index (κ3) is 2.91. The van der Waals surface area contributed by atoms with Crippen molar-refractivity contribution in [2.24, 2.45) is 11.7 Å². The topological polar surface area (TPSA) is 92.9 Å². The van der Waals surface area contributed by atoms with E-state index in [1.165, 1.54) is 25.3 Å². The lowest BCUT2D eigenvalue weighted by Crippen LogP contribution is -2.30. The van der Waals surface area contributed by atoms with Crippen molar-refractivity contribution in [3.05, 3.63) is 29.3 Å². The zero-order chi connectivity index (χ0) is 14.7. The molecule has 3 N–H and O–H groups in total. The summed E-state index contributed by atoms with van der Waals surface area (Å²) in [6.07, 6.45) is 0.880. The van der Waals surface area contributed by atoms with E-state index in [4.69, 9.17) is 5.73 Å². The summed E-state index contributed by atoms with van der Waals surface area (Å²) in [5.41, 5.74) is 6.04. The van der Waals surface area contributed by atoms with Crippen LogP contribution in [-0.4, -0.2) is 48.6 Å². The molecule has 1 aromatic rings. The second-order valence-corrected chi connectivity index (χ2v) is 4.90. The van der Waals surface area contributed by atoms with Gasteiger partial charge in [-0.25, -0.2) is 4.79 Å². The fourth-order valence-electron chi connectivity index (χ4n) is 2.36. The van der Waals surface area contributed by atoms with Gasteiger partial charge in [-0.15, -0.1) is 0 Å². The van der Waals surface area contributed by atoms with Crippen molar-refractivity contribution in [1.29, 1.82) is 0 Å². The van der Waals surface area contributed by atoms with Gasteiger partial charge >= 0.3 is 5.97 Å². The largest absolute Gasteiger partial charge is 0.508 e. The molecule has 1 aliphatic heterocycles. The van der Waals surface area contributed by atoms with Crippen molar-refractivity contribution in [3.8, 4) is 5.75 Å². The van der Waals surface area contributed by atoms with Gasteiger partial charge in [0.2, 0.25) is 0 Å².